The molecule has 6 nitrogen and oxygen atoms in total. The summed E-state index contributed by atoms with van der Waals surface area (Å²) in [4.78, 5) is 18.2. The molecule has 1 aromatic heterocycles. The number of hydrogen-bond donors (Lipinski definition) is 0. The van der Waals surface area contributed by atoms with Crippen molar-refractivity contribution >= 4 is 16.8 Å². The smallest absolute Gasteiger partial charge is 0.231 e. The Balaban J connectivity index is 1.17. The van der Waals surface area contributed by atoms with Crippen LogP contribution >= 0.6 is 0 Å². The van der Waals surface area contributed by atoms with Gasteiger partial charge in [0.1, 0.15) is 0 Å². The number of nitrogens with zero attached hydrogens (tertiary/aromatic N) is 3. The number of aromatic nitrogens is 1. The molecule has 0 aliphatic carbocycles. The summed E-state index contributed by atoms with van der Waals surface area (Å²) in [6, 6.07) is 23.4. The maximum Gasteiger partial charge on any atom is 0.231 e. The fourth-order valence-corrected chi connectivity index (χ4v) is 5.78. The van der Waals surface area contributed by atoms with E-state index in [1.54, 1.807) is 0 Å². The van der Waals surface area contributed by atoms with Crippen molar-refractivity contribution in [2.24, 2.45) is 0 Å². The van der Waals surface area contributed by atoms with Gasteiger partial charge in [0.25, 0.3) is 0 Å². The minimum absolute atomic E-state index is 0.0208. The van der Waals surface area contributed by atoms with E-state index in [9.17, 15) is 4.79 Å². The molecule has 3 heterocycles. The highest BCUT2D eigenvalue weighted by Gasteiger charge is 2.27. The van der Waals surface area contributed by atoms with Gasteiger partial charge in [-0.05, 0) is 48.7 Å². The van der Waals surface area contributed by atoms with Crippen LogP contribution in [-0.2, 0) is 17.9 Å². The Morgan fingerprint density at radius 2 is 1.68 bits per heavy atom. The molecule has 4 aromatic rings. The van der Waals surface area contributed by atoms with Crippen LogP contribution in [0.2, 0.25) is 0 Å². The lowest BCUT2D eigenvalue weighted by Gasteiger charge is -2.35. The molecular weight excluding hydrogens is 474 g/mol. The Morgan fingerprint density at radius 1 is 0.921 bits per heavy atom. The number of amides is 1. The van der Waals surface area contributed by atoms with E-state index in [2.05, 4.69) is 95.1 Å². The first-order chi connectivity index (χ1) is 18.6. The number of carbonyl (C=O) groups excluding carboxylic acids is 1. The van der Waals surface area contributed by atoms with Gasteiger partial charge < -0.3 is 18.9 Å². The van der Waals surface area contributed by atoms with E-state index in [0.717, 1.165) is 50.8 Å². The van der Waals surface area contributed by atoms with Gasteiger partial charge in [-0.25, -0.2) is 0 Å². The highest BCUT2D eigenvalue weighted by Crippen LogP contribution is 2.36. The van der Waals surface area contributed by atoms with Gasteiger partial charge in [0.05, 0.1) is 0 Å². The molecule has 0 radical (unpaired) electrons. The molecule has 2 aliphatic heterocycles. The molecule has 0 bridgehead atoms. The summed E-state index contributed by atoms with van der Waals surface area (Å²) < 4.78 is 13.3. The molecule has 196 valence electrons. The summed E-state index contributed by atoms with van der Waals surface area (Å²) in [6.45, 7) is 9.56. The summed E-state index contributed by atoms with van der Waals surface area (Å²) >= 11 is 0. The molecule has 1 atom stereocenters. The van der Waals surface area contributed by atoms with Crippen molar-refractivity contribution in [2.45, 2.75) is 39.3 Å². The van der Waals surface area contributed by atoms with E-state index in [-0.39, 0.29) is 11.8 Å². The van der Waals surface area contributed by atoms with E-state index in [0.29, 0.717) is 13.2 Å². The third-order valence-corrected chi connectivity index (χ3v) is 7.96. The SMILES string of the molecule is CCn1cc([C@@H](CC(=O)N2CCN(Cc3ccc4c(c3)OCO4)CC2)c2ccc(C)cc2)c2ccccc21. The molecule has 1 saturated heterocycles. The lowest BCUT2D eigenvalue weighted by Crippen LogP contribution is -2.48. The van der Waals surface area contributed by atoms with Gasteiger partial charge in [-0.3, -0.25) is 9.69 Å². The highest BCUT2D eigenvalue weighted by atomic mass is 16.7. The lowest BCUT2D eigenvalue weighted by atomic mass is 9.87. The predicted octanol–water partition coefficient (Wildman–Crippen LogP) is 5.56. The molecule has 3 aromatic carbocycles. The molecule has 0 unspecified atom stereocenters. The van der Waals surface area contributed by atoms with Gasteiger partial charge in [-0.15, -0.1) is 0 Å². The predicted molar refractivity (Wildman–Crippen MR) is 150 cm³/mol. The maximum atomic E-state index is 13.7. The van der Waals surface area contributed by atoms with E-state index < -0.39 is 0 Å². The Kier molecular flexibility index (Phi) is 6.81. The van der Waals surface area contributed by atoms with E-state index in [4.69, 9.17) is 9.47 Å². The van der Waals surface area contributed by atoms with Gasteiger partial charge in [-0.2, -0.15) is 0 Å². The number of piperazine rings is 1. The van der Waals surface area contributed by atoms with Crippen molar-refractivity contribution in [1.29, 1.82) is 0 Å². The summed E-state index contributed by atoms with van der Waals surface area (Å²) in [5.41, 5.74) is 6.10. The molecule has 38 heavy (non-hydrogen) atoms. The maximum absolute atomic E-state index is 13.7. The number of carbonyl (C=O) groups is 1. The van der Waals surface area contributed by atoms with Crippen LogP contribution in [0.25, 0.3) is 10.9 Å². The Labute approximate surface area is 224 Å². The standard InChI is InChI=1S/C32H35N3O3/c1-3-34-21-28(26-6-4-5-7-29(26)34)27(25-11-8-23(2)9-12-25)19-32(36)35-16-14-33(15-17-35)20-24-10-13-30-31(18-24)38-22-37-30/h4-13,18,21,27H,3,14-17,19-20,22H2,1-2H3/t27-/m0/s1. The van der Waals surface area contributed by atoms with Gasteiger partial charge >= 0.3 is 0 Å². The summed E-state index contributed by atoms with van der Waals surface area (Å²) in [5, 5.41) is 1.24. The van der Waals surface area contributed by atoms with E-state index in [1.165, 1.54) is 33.2 Å². The van der Waals surface area contributed by atoms with Crippen LogP contribution in [0.1, 0.15) is 41.5 Å². The van der Waals surface area contributed by atoms with Gasteiger partial charge in [-0.1, -0.05) is 54.1 Å². The zero-order valence-electron chi connectivity index (χ0n) is 22.2. The monoisotopic (exact) mass is 509 g/mol. The van der Waals surface area contributed by atoms with Crippen LogP contribution in [0.15, 0.2) is 72.9 Å². The van der Waals surface area contributed by atoms with Crippen LogP contribution in [-0.4, -0.2) is 53.2 Å². The number of benzene rings is 3. The fraction of sp³-hybridized carbons (Fsp3) is 0.344. The average molecular weight is 510 g/mol. The minimum atomic E-state index is 0.0208. The van der Waals surface area contributed by atoms with Gasteiger partial charge in [0, 0.05) is 68.7 Å². The number of rotatable bonds is 7. The van der Waals surface area contributed by atoms with Crippen molar-refractivity contribution in [3.8, 4) is 11.5 Å². The zero-order valence-corrected chi connectivity index (χ0v) is 22.2. The average Bonchev–Trinajstić information content (AvgIpc) is 3.57. The second kappa shape index (κ2) is 10.5. The normalized spacial score (nSPS) is 16.2. The molecule has 1 fully saturated rings. The fourth-order valence-electron chi connectivity index (χ4n) is 5.78. The second-order valence-electron chi connectivity index (χ2n) is 10.4. The first-order valence-corrected chi connectivity index (χ1v) is 13.6. The van der Waals surface area contributed by atoms with E-state index in [1.807, 2.05) is 6.07 Å². The topological polar surface area (TPSA) is 46.9 Å². The summed E-state index contributed by atoms with van der Waals surface area (Å²) in [6.07, 6.45) is 2.73. The number of ether oxygens (including phenoxy) is 2. The zero-order chi connectivity index (χ0) is 26.1. The third kappa shape index (κ3) is 4.88. The van der Waals surface area contributed by atoms with Crippen molar-refractivity contribution in [2.75, 3.05) is 33.0 Å². The van der Waals surface area contributed by atoms with Crippen LogP contribution in [0.3, 0.4) is 0 Å². The Hall–Kier alpha value is -3.77. The summed E-state index contributed by atoms with van der Waals surface area (Å²) in [5.74, 6) is 1.89. The minimum Gasteiger partial charge on any atom is -0.454 e. The first kappa shape index (κ1) is 24.6. The van der Waals surface area contributed by atoms with Gasteiger partial charge in [0.2, 0.25) is 12.7 Å². The third-order valence-electron chi connectivity index (χ3n) is 7.96. The van der Waals surface area contributed by atoms with Crippen molar-refractivity contribution in [3.05, 3.63) is 95.2 Å². The number of para-hydroxylation sites is 1. The molecular formula is C32H35N3O3. The molecule has 0 saturated carbocycles. The van der Waals surface area contributed by atoms with Crippen LogP contribution in [0, 0.1) is 6.92 Å². The van der Waals surface area contributed by atoms with Gasteiger partial charge in [0.15, 0.2) is 11.5 Å². The molecule has 2 aliphatic rings. The Bertz CT molecular complexity index is 1430. The van der Waals surface area contributed by atoms with E-state index >= 15 is 0 Å². The number of fused-ring (bicyclic) bond motifs is 2. The Morgan fingerprint density at radius 3 is 2.47 bits per heavy atom. The van der Waals surface area contributed by atoms with Crippen molar-refractivity contribution in [1.82, 2.24) is 14.4 Å². The van der Waals surface area contributed by atoms with Crippen molar-refractivity contribution in [3.63, 3.8) is 0 Å². The van der Waals surface area contributed by atoms with Crippen LogP contribution in [0.4, 0.5) is 0 Å². The number of aryl methyl sites for hydroxylation is 2. The first-order valence-electron chi connectivity index (χ1n) is 13.6. The second-order valence-corrected chi connectivity index (χ2v) is 10.4. The quantitative estimate of drug-likeness (QED) is 0.327. The lowest BCUT2D eigenvalue weighted by molar-refractivity contribution is -0.133. The van der Waals surface area contributed by atoms with Crippen molar-refractivity contribution < 1.29 is 14.3 Å². The molecule has 0 N–H and O–H groups in total. The van der Waals surface area contributed by atoms with Crippen LogP contribution < -0.4 is 9.47 Å². The molecule has 6 heteroatoms. The largest absolute Gasteiger partial charge is 0.454 e. The van der Waals surface area contributed by atoms with Crippen LogP contribution in [0.5, 0.6) is 11.5 Å². The molecule has 6 rings (SSSR count). The summed E-state index contributed by atoms with van der Waals surface area (Å²) in [7, 11) is 0. The molecule has 0 spiro atoms. The molecule has 1 amide bonds. The highest BCUT2D eigenvalue weighted by molar-refractivity contribution is 5.86. The number of hydrogen-bond acceptors (Lipinski definition) is 4.